The van der Waals surface area contributed by atoms with Crippen molar-refractivity contribution in [3.63, 3.8) is 0 Å². The van der Waals surface area contributed by atoms with Gasteiger partial charge in [-0.1, -0.05) is 33.1 Å². The smallest absolute Gasteiger partial charge is 0.00702 e. The zero-order valence-corrected chi connectivity index (χ0v) is 9.05. The van der Waals surface area contributed by atoms with E-state index in [4.69, 9.17) is 5.73 Å². The van der Waals surface area contributed by atoms with Crippen LogP contribution in [0.3, 0.4) is 0 Å². The summed E-state index contributed by atoms with van der Waals surface area (Å²) in [6, 6.07) is 0.512. The summed E-state index contributed by atoms with van der Waals surface area (Å²) in [5, 5.41) is 0. The number of hydrogen-bond acceptors (Lipinski definition) is 1. The molecule has 0 radical (unpaired) electrons. The molecule has 2 unspecified atom stereocenters. The van der Waals surface area contributed by atoms with Gasteiger partial charge in [-0.2, -0.15) is 0 Å². The molecule has 2 rings (SSSR count). The Morgan fingerprint density at radius 3 is 2.38 bits per heavy atom. The average molecular weight is 181 g/mol. The van der Waals surface area contributed by atoms with E-state index in [1.54, 1.807) is 0 Å². The molecule has 2 N–H and O–H groups in total. The van der Waals surface area contributed by atoms with Gasteiger partial charge >= 0.3 is 0 Å². The quantitative estimate of drug-likeness (QED) is 0.661. The fourth-order valence-corrected chi connectivity index (χ4v) is 3.05. The lowest BCUT2D eigenvalue weighted by atomic mass is 9.62. The summed E-state index contributed by atoms with van der Waals surface area (Å²) in [5.74, 6) is 1.83. The first-order valence-electron chi connectivity index (χ1n) is 5.84. The molecular formula is C12H23N. The minimum Gasteiger partial charge on any atom is -0.327 e. The van der Waals surface area contributed by atoms with Crippen LogP contribution in [0.25, 0.3) is 0 Å². The summed E-state index contributed by atoms with van der Waals surface area (Å²) in [5.41, 5.74) is 6.78. The van der Waals surface area contributed by atoms with E-state index >= 15 is 0 Å². The van der Waals surface area contributed by atoms with E-state index in [0.29, 0.717) is 11.5 Å². The third-order valence-corrected chi connectivity index (χ3v) is 4.25. The minimum atomic E-state index is 0.512. The highest BCUT2D eigenvalue weighted by molar-refractivity contribution is 4.92. The molecule has 0 aromatic rings. The minimum absolute atomic E-state index is 0.512. The zero-order chi connectivity index (χ0) is 9.47. The Kier molecular flexibility index (Phi) is 2.39. The molecule has 1 nitrogen and oxygen atoms in total. The van der Waals surface area contributed by atoms with Crippen molar-refractivity contribution in [3.05, 3.63) is 0 Å². The van der Waals surface area contributed by atoms with Crippen LogP contribution in [-0.4, -0.2) is 6.04 Å². The van der Waals surface area contributed by atoms with Crippen molar-refractivity contribution in [2.75, 3.05) is 0 Å². The van der Waals surface area contributed by atoms with Gasteiger partial charge in [-0.25, -0.2) is 0 Å². The topological polar surface area (TPSA) is 26.0 Å². The summed E-state index contributed by atoms with van der Waals surface area (Å²) < 4.78 is 0. The normalized spacial score (nSPS) is 39.9. The Bertz CT molecular complexity index is 180. The third-order valence-electron chi connectivity index (χ3n) is 4.25. The van der Waals surface area contributed by atoms with Crippen LogP contribution in [0.2, 0.25) is 0 Å². The van der Waals surface area contributed by atoms with E-state index in [1.807, 2.05) is 0 Å². The molecule has 0 aromatic heterocycles. The summed E-state index contributed by atoms with van der Waals surface area (Å²) >= 11 is 0. The zero-order valence-electron chi connectivity index (χ0n) is 9.05. The van der Waals surface area contributed by atoms with Gasteiger partial charge in [0.1, 0.15) is 0 Å². The van der Waals surface area contributed by atoms with Crippen molar-refractivity contribution >= 4 is 0 Å². The SMILES string of the molecule is CC1(C)CCC(N)C(C2CCC2)C1. The second-order valence-corrected chi connectivity index (χ2v) is 5.93. The monoisotopic (exact) mass is 181 g/mol. The van der Waals surface area contributed by atoms with Gasteiger partial charge in [-0.15, -0.1) is 0 Å². The molecular weight excluding hydrogens is 158 g/mol. The van der Waals surface area contributed by atoms with Gasteiger partial charge in [-0.3, -0.25) is 0 Å². The largest absolute Gasteiger partial charge is 0.327 e. The third kappa shape index (κ3) is 1.90. The lowest BCUT2D eigenvalue weighted by molar-refractivity contribution is 0.0744. The van der Waals surface area contributed by atoms with Crippen molar-refractivity contribution in [1.29, 1.82) is 0 Å². The van der Waals surface area contributed by atoms with Crippen molar-refractivity contribution in [2.45, 2.75) is 58.4 Å². The van der Waals surface area contributed by atoms with E-state index in [0.717, 1.165) is 11.8 Å². The number of nitrogens with two attached hydrogens (primary N) is 1. The second-order valence-electron chi connectivity index (χ2n) is 5.93. The summed E-state index contributed by atoms with van der Waals surface area (Å²) in [6.07, 6.45) is 8.32. The van der Waals surface area contributed by atoms with Gasteiger partial charge in [0.25, 0.3) is 0 Å². The highest BCUT2D eigenvalue weighted by atomic mass is 14.7. The summed E-state index contributed by atoms with van der Waals surface area (Å²) in [4.78, 5) is 0. The van der Waals surface area contributed by atoms with Crippen LogP contribution in [-0.2, 0) is 0 Å². The van der Waals surface area contributed by atoms with E-state index in [2.05, 4.69) is 13.8 Å². The van der Waals surface area contributed by atoms with Crippen LogP contribution in [0.5, 0.6) is 0 Å². The Labute approximate surface area is 82.1 Å². The standard InChI is InChI=1S/C12H23N/c1-12(2)7-6-11(13)10(8-12)9-4-3-5-9/h9-11H,3-8,13H2,1-2H3. The number of hydrogen-bond donors (Lipinski definition) is 1. The van der Waals surface area contributed by atoms with Crippen LogP contribution >= 0.6 is 0 Å². The Morgan fingerprint density at radius 1 is 1.15 bits per heavy atom. The molecule has 0 saturated heterocycles. The lowest BCUT2D eigenvalue weighted by Gasteiger charge is -2.45. The Balaban J connectivity index is 1.98. The van der Waals surface area contributed by atoms with Crippen LogP contribution in [0.1, 0.15) is 52.4 Å². The fourth-order valence-electron chi connectivity index (χ4n) is 3.05. The van der Waals surface area contributed by atoms with Gasteiger partial charge in [-0.05, 0) is 36.5 Å². The molecule has 1 heteroatoms. The first kappa shape index (κ1) is 9.51. The van der Waals surface area contributed by atoms with Crippen LogP contribution in [0.4, 0.5) is 0 Å². The predicted octanol–water partition coefficient (Wildman–Crippen LogP) is 2.94. The van der Waals surface area contributed by atoms with Crippen molar-refractivity contribution in [2.24, 2.45) is 23.0 Å². The molecule has 0 bridgehead atoms. The molecule has 2 saturated carbocycles. The maximum atomic E-state index is 6.21. The lowest BCUT2D eigenvalue weighted by Crippen LogP contribution is -2.44. The first-order chi connectivity index (χ1) is 6.08. The fraction of sp³-hybridized carbons (Fsp3) is 1.00. The average Bonchev–Trinajstić information content (AvgIpc) is 1.93. The van der Waals surface area contributed by atoms with Gasteiger partial charge in [0, 0.05) is 6.04 Å². The summed E-state index contributed by atoms with van der Waals surface area (Å²) in [7, 11) is 0. The molecule has 0 spiro atoms. The van der Waals surface area contributed by atoms with Gasteiger partial charge < -0.3 is 5.73 Å². The molecule has 0 amide bonds. The van der Waals surface area contributed by atoms with Gasteiger partial charge in [0.05, 0.1) is 0 Å². The van der Waals surface area contributed by atoms with E-state index in [1.165, 1.54) is 38.5 Å². The van der Waals surface area contributed by atoms with E-state index in [9.17, 15) is 0 Å². The van der Waals surface area contributed by atoms with Gasteiger partial charge in [0.2, 0.25) is 0 Å². The molecule has 2 aliphatic rings. The van der Waals surface area contributed by atoms with E-state index < -0.39 is 0 Å². The second kappa shape index (κ2) is 3.27. The van der Waals surface area contributed by atoms with Gasteiger partial charge in [0.15, 0.2) is 0 Å². The maximum Gasteiger partial charge on any atom is 0.00702 e. The van der Waals surface area contributed by atoms with Crippen LogP contribution in [0, 0.1) is 17.3 Å². The molecule has 2 aliphatic carbocycles. The molecule has 2 atom stereocenters. The molecule has 2 fully saturated rings. The van der Waals surface area contributed by atoms with Crippen molar-refractivity contribution in [3.8, 4) is 0 Å². The van der Waals surface area contributed by atoms with Crippen molar-refractivity contribution in [1.82, 2.24) is 0 Å². The Hall–Kier alpha value is -0.0400. The highest BCUT2D eigenvalue weighted by Gasteiger charge is 2.39. The molecule has 0 heterocycles. The first-order valence-corrected chi connectivity index (χ1v) is 5.84. The van der Waals surface area contributed by atoms with Crippen LogP contribution in [0.15, 0.2) is 0 Å². The molecule has 0 aromatic carbocycles. The molecule has 76 valence electrons. The Morgan fingerprint density at radius 2 is 1.85 bits per heavy atom. The predicted molar refractivity (Wildman–Crippen MR) is 56.4 cm³/mol. The number of rotatable bonds is 1. The maximum absolute atomic E-state index is 6.21. The van der Waals surface area contributed by atoms with Crippen LogP contribution < -0.4 is 5.73 Å². The summed E-state index contributed by atoms with van der Waals surface area (Å²) in [6.45, 7) is 4.81. The van der Waals surface area contributed by atoms with E-state index in [-0.39, 0.29) is 0 Å². The molecule has 13 heavy (non-hydrogen) atoms. The van der Waals surface area contributed by atoms with Crippen molar-refractivity contribution < 1.29 is 0 Å². The molecule has 0 aliphatic heterocycles. The highest BCUT2D eigenvalue weighted by Crippen LogP contribution is 2.46.